The Balaban J connectivity index is 2.72. The number of alkyl halides is 1. The van der Waals surface area contributed by atoms with Crippen molar-refractivity contribution < 1.29 is 4.79 Å². The van der Waals surface area contributed by atoms with Gasteiger partial charge in [-0.1, -0.05) is 34.6 Å². The molecule has 0 aromatic rings. The molecule has 1 fully saturated rings. The fraction of sp³-hybridized carbons (Fsp3) is 0.909. The Hall–Kier alpha value is -0.240. The van der Waals surface area contributed by atoms with Crippen LogP contribution in [-0.4, -0.2) is 29.3 Å². The highest BCUT2D eigenvalue weighted by molar-refractivity contribution is 6.21. The first kappa shape index (κ1) is 11.8. The van der Waals surface area contributed by atoms with Crippen LogP contribution in [0.4, 0.5) is 0 Å². The third-order valence-electron chi connectivity index (χ3n) is 2.76. The number of carbonyl (C=O) groups is 1. The van der Waals surface area contributed by atoms with E-state index < -0.39 is 0 Å². The summed E-state index contributed by atoms with van der Waals surface area (Å²) in [5, 5.41) is 0.0776. The monoisotopic (exact) mass is 217 g/mol. The molecule has 1 aliphatic rings. The molecule has 0 spiro atoms. The van der Waals surface area contributed by atoms with E-state index in [0.29, 0.717) is 6.54 Å². The van der Waals surface area contributed by atoms with E-state index in [1.54, 1.807) is 0 Å². The fourth-order valence-corrected chi connectivity index (χ4v) is 1.96. The van der Waals surface area contributed by atoms with Crippen LogP contribution in [0.5, 0.6) is 0 Å². The number of halogens is 1. The van der Waals surface area contributed by atoms with Gasteiger partial charge in [0.25, 0.3) is 0 Å². The van der Waals surface area contributed by atoms with Crippen molar-refractivity contribution in [1.29, 1.82) is 0 Å². The van der Waals surface area contributed by atoms with Crippen LogP contribution < -0.4 is 0 Å². The van der Waals surface area contributed by atoms with E-state index in [1.807, 2.05) is 25.7 Å². The number of nitrogens with zero attached hydrogens (tertiary/aromatic N) is 1. The van der Waals surface area contributed by atoms with Gasteiger partial charge in [0.15, 0.2) is 0 Å². The summed E-state index contributed by atoms with van der Waals surface area (Å²) in [4.78, 5) is 13.9. The molecule has 0 aromatic heterocycles. The number of likely N-dealkylation sites (tertiary alicyclic amines) is 1. The Labute approximate surface area is 91.6 Å². The highest BCUT2D eigenvalue weighted by Gasteiger charge is 2.42. The SMILES string of the molecule is CC(C)(C)C(=O)N1CC(Cl)C(C)(C)C1. The smallest absolute Gasteiger partial charge is 0.228 e. The molecule has 1 atom stereocenters. The van der Waals surface area contributed by atoms with E-state index in [4.69, 9.17) is 11.6 Å². The second-order valence-corrected chi connectivity index (χ2v) is 6.42. The summed E-state index contributed by atoms with van der Waals surface area (Å²) in [7, 11) is 0. The quantitative estimate of drug-likeness (QED) is 0.571. The van der Waals surface area contributed by atoms with Gasteiger partial charge in [-0.25, -0.2) is 0 Å². The van der Waals surface area contributed by atoms with E-state index in [9.17, 15) is 4.79 Å². The fourth-order valence-electron chi connectivity index (χ4n) is 1.73. The number of amides is 1. The Bertz CT molecular complexity index is 242. The Kier molecular flexibility index (Phi) is 2.88. The molecular formula is C11H20ClNO. The van der Waals surface area contributed by atoms with Crippen LogP contribution >= 0.6 is 11.6 Å². The molecule has 1 saturated heterocycles. The highest BCUT2D eigenvalue weighted by atomic mass is 35.5. The van der Waals surface area contributed by atoms with Gasteiger partial charge in [-0.05, 0) is 0 Å². The summed E-state index contributed by atoms with van der Waals surface area (Å²) in [6.45, 7) is 11.5. The molecule has 3 heteroatoms. The number of rotatable bonds is 0. The minimum atomic E-state index is -0.295. The Morgan fingerprint density at radius 3 is 2.21 bits per heavy atom. The molecule has 0 radical (unpaired) electrons. The van der Waals surface area contributed by atoms with Gasteiger partial charge in [0.2, 0.25) is 5.91 Å². The first-order chi connectivity index (χ1) is 6.14. The first-order valence-electron chi connectivity index (χ1n) is 5.08. The van der Waals surface area contributed by atoms with Crippen LogP contribution in [0, 0.1) is 10.8 Å². The molecule has 0 bridgehead atoms. The van der Waals surface area contributed by atoms with Gasteiger partial charge >= 0.3 is 0 Å². The van der Waals surface area contributed by atoms with E-state index in [-0.39, 0.29) is 22.1 Å². The minimum absolute atomic E-state index is 0.0441. The van der Waals surface area contributed by atoms with Crippen molar-refractivity contribution in [2.45, 2.75) is 40.0 Å². The summed E-state index contributed by atoms with van der Waals surface area (Å²) in [6, 6.07) is 0. The van der Waals surface area contributed by atoms with E-state index in [0.717, 1.165) is 6.54 Å². The summed E-state index contributed by atoms with van der Waals surface area (Å²) in [5.74, 6) is 0.203. The van der Waals surface area contributed by atoms with Gasteiger partial charge < -0.3 is 4.90 Å². The third-order valence-corrected chi connectivity index (χ3v) is 3.48. The van der Waals surface area contributed by atoms with E-state index in [2.05, 4.69) is 13.8 Å². The van der Waals surface area contributed by atoms with Crippen molar-refractivity contribution in [3.63, 3.8) is 0 Å². The zero-order valence-electron chi connectivity index (χ0n) is 9.72. The van der Waals surface area contributed by atoms with Gasteiger partial charge in [0.05, 0.1) is 5.38 Å². The largest absolute Gasteiger partial charge is 0.340 e. The molecule has 0 N–H and O–H groups in total. The average molecular weight is 218 g/mol. The molecule has 2 nitrogen and oxygen atoms in total. The lowest BCUT2D eigenvalue weighted by Crippen LogP contribution is -2.38. The maximum atomic E-state index is 12.0. The summed E-state index contributed by atoms with van der Waals surface area (Å²) in [5.41, 5.74) is -0.251. The number of hydrogen-bond acceptors (Lipinski definition) is 1. The van der Waals surface area contributed by atoms with Crippen molar-refractivity contribution in [3.8, 4) is 0 Å². The van der Waals surface area contributed by atoms with Gasteiger partial charge in [0.1, 0.15) is 0 Å². The normalized spacial score (nSPS) is 26.7. The molecule has 14 heavy (non-hydrogen) atoms. The van der Waals surface area contributed by atoms with Crippen LogP contribution in [0.25, 0.3) is 0 Å². The summed E-state index contributed by atoms with van der Waals surface area (Å²) >= 11 is 6.20. The Morgan fingerprint density at radius 2 is 1.93 bits per heavy atom. The summed E-state index contributed by atoms with van der Waals surface area (Å²) in [6.07, 6.45) is 0. The maximum Gasteiger partial charge on any atom is 0.228 e. The maximum absolute atomic E-state index is 12.0. The van der Waals surface area contributed by atoms with Gasteiger partial charge in [-0.15, -0.1) is 11.6 Å². The minimum Gasteiger partial charge on any atom is -0.340 e. The van der Waals surface area contributed by atoms with Crippen LogP contribution in [0.2, 0.25) is 0 Å². The average Bonchev–Trinajstić information content (AvgIpc) is 2.23. The van der Waals surface area contributed by atoms with Gasteiger partial charge in [-0.2, -0.15) is 0 Å². The molecule has 1 heterocycles. The second kappa shape index (κ2) is 3.41. The summed E-state index contributed by atoms with van der Waals surface area (Å²) < 4.78 is 0. The molecule has 1 unspecified atom stereocenters. The van der Waals surface area contributed by atoms with Crippen molar-refractivity contribution in [2.75, 3.05) is 13.1 Å². The van der Waals surface area contributed by atoms with Gasteiger partial charge in [-0.3, -0.25) is 4.79 Å². The van der Waals surface area contributed by atoms with Crippen LogP contribution in [0.1, 0.15) is 34.6 Å². The molecule has 0 aliphatic carbocycles. The molecule has 1 rings (SSSR count). The molecule has 0 aromatic carbocycles. The lowest BCUT2D eigenvalue weighted by molar-refractivity contribution is -0.138. The zero-order valence-corrected chi connectivity index (χ0v) is 10.5. The second-order valence-electron chi connectivity index (χ2n) is 5.89. The van der Waals surface area contributed by atoms with Crippen LogP contribution in [-0.2, 0) is 4.79 Å². The van der Waals surface area contributed by atoms with Crippen molar-refractivity contribution in [3.05, 3.63) is 0 Å². The molecule has 0 saturated carbocycles. The molecule has 1 amide bonds. The number of hydrogen-bond donors (Lipinski definition) is 0. The zero-order chi connectivity index (χ0) is 11.1. The van der Waals surface area contributed by atoms with Crippen LogP contribution in [0.3, 0.4) is 0 Å². The lowest BCUT2D eigenvalue weighted by Gasteiger charge is -2.26. The number of carbonyl (C=O) groups excluding carboxylic acids is 1. The topological polar surface area (TPSA) is 20.3 Å². The third kappa shape index (κ3) is 2.22. The van der Waals surface area contributed by atoms with Crippen molar-refractivity contribution >= 4 is 17.5 Å². The Morgan fingerprint density at radius 1 is 1.43 bits per heavy atom. The predicted molar refractivity (Wildman–Crippen MR) is 59.5 cm³/mol. The molecule has 82 valence electrons. The molecular weight excluding hydrogens is 198 g/mol. The molecule has 1 aliphatic heterocycles. The predicted octanol–water partition coefficient (Wildman–Crippen LogP) is 2.51. The first-order valence-corrected chi connectivity index (χ1v) is 5.52. The standard InChI is InChI=1S/C11H20ClNO/c1-10(2,3)9(14)13-6-8(12)11(4,5)7-13/h8H,6-7H2,1-5H3. The van der Waals surface area contributed by atoms with Crippen molar-refractivity contribution in [1.82, 2.24) is 4.90 Å². The lowest BCUT2D eigenvalue weighted by atomic mass is 9.92. The van der Waals surface area contributed by atoms with Crippen LogP contribution in [0.15, 0.2) is 0 Å². The van der Waals surface area contributed by atoms with E-state index >= 15 is 0 Å². The van der Waals surface area contributed by atoms with E-state index in [1.165, 1.54) is 0 Å². The van der Waals surface area contributed by atoms with Crippen molar-refractivity contribution in [2.24, 2.45) is 10.8 Å². The highest BCUT2D eigenvalue weighted by Crippen LogP contribution is 2.35. The van der Waals surface area contributed by atoms with Gasteiger partial charge in [0, 0.05) is 23.9 Å².